The number of nitrogens with zero attached hydrogens (tertiary/aromatic N) is 7. The van der Waals surface area contributed by atoms with Gasteiger partial charge in [0.05, 0.1) is 19.0 Å². The van der Waals surface area contributed by atoms with Gasteiger partial charge in [0.25, 0.3) is 5.69 Å². The van der Waals surface area contributed by atoms with Crippen LogP contribution in [0.3, 0.4) is 0 Å². The van der Waals surface area contributed by atoms with Crippen molar-refractivity contribution in [3.63, 3.8) is 0 Å². The van der Waals surface area contributed by atoms with E-state index in [1.807, 2.05) is 0 Å². The van der Waals surface area contributed by atoms with Crippen molar-refractivity contribution in [2.45, 2.75) is 58.2 Å². The van der Waals surface area contributed by atoms with Crippen LogP contribution >= 0.6 is 0 Å². The number of ether oxygens (including phenoxy) is 4. The van der Waals surface area contributed by atoms with E-state index in [-0.39, 0.29) is 62.2 Å². The quantitative estimate of drug-likeness (QED) is 0.0663. The molecule has 0 aliphatic carbocycles. The third kappa shape index (κ3) is 17.4. The Morgan fingerprint density at radius 1 is 0.808 bits per heavy atom. The van der Waals surface area contributed by atoms with E-state index in [1.165, 1.54) is 72.7 Å². The van der Waals surface area contributed by atoms with E-state index in [4.69, 9.17) is 34.9 Å². The van der Waals surface area contributed by atoms with Gasteiger partial charge in [0.1, 0.15) is 24.8 Å². The van der Waals surface area contributed by atoms with Crippen molar-refractivity contribution in [1.82, 2.24) is 19.1 Å². The Balaban J connectivity index is 0.000000415. The SMILES string of the molecule is C1CCOC1.Cn1c(COC(=O)CCCCCO)cnc1[N+](=O)[O-].Cn1c(COC(=O)Oc2ccc([N+](=O)[O-])cc2)cnc1[N+](=O)[O-].NCCCO. The van der Waals surface area contributed by atoms with Gasteiger partial charge in [-0.05, 0) is 60.6 Å². The molecule has 4 N–H and O–H groups in total. The zero-order valence-electron chi connectivity index (χ0n) is 28.9. The van der Waals surface area contributed by atoms with Crippen molar-refractivity contribution in [2.24, 2.45) is 19.8 Å². The molecule has 3 heterocycles. The summed E-state index contributed by atoms with van der Waals surface area (Å²) in [7, 11) is 2.90. The second kappa shape index (κ2) is 25.4. The van der Waals surface area contributed by atoms with Crippen LogP contribution < -0.4 is 10.5 Å². The van der Waals surface area contributed by atoms with Crippen molar-refractivity contribution in [1.29, 1.82) is 0 Å². The van der Waals surface area contributed by atoms with E-state index in [1.54, 1.807) is 0 Å². The minimum atomic E-state index is -1.05. The zero-order valence-corrected chi connectivity index (χ0v) is 28.9. The average Bonchev–Trinajstić information content (AvgIpc) is 3.89. The monoisotopic (exact) mass is 740 g/mol. The lowest BCUT2D eigenvalue weighted by Crippen LogP contribution is -2.12. The molecule has 1 aromatic carbocycles. The number of aliphatic hydroxyl groups excluding tert-OH is 2. The molecule has 3 aromatic rings. The maximum Gasteiger partial charge on any atom is 0.514 e. The second-order valence-electron chi connectivity index (χ2n) is 10.5. The number of hydrogen-bond acceptors (Lipinski definition) is 17. The molecule has 22 heteroatoms. The lowest BCUT2D eigenvalue weighted by molar-refractivity contribution is -0.396. The highest BCUT2D eigenvalue weighted by Crippen LogP contribution is 2.18. The van der Waals surface area contributed by atoms with Crippen LogP contribution in [0.25, 0.3) is 0 Å². The number of benzene rings is 1. The molecule has 0 atom stereocenters. The molecule has 0 saturated carbocycles. The van der Waals surface area contributed by atoms with E-state index < -0.39 is 20.9 Å². The lowest BCUT2D eigenvalue weighted by Gasteiger charge is -2.05. The molecule has 4 rings (SSSR count). The molecule has 0 bridgehead atoms. The number of rotatable bonds is 15. The fourth-order valence-electron chi connectivity index (χ4n) is 3.76. The lowest BCUT2D eigenvalue weighted by atomic mass is 10.2. The number of nitro benzene ring substituents is 1. The standard InChI is InChI=1S/C12H10N4O7.C11H17N3O5.C4H8O.C3H9NO/c1-14-9(6-13-11(14)16(20)21)7-22-12(17)23-10-4-2-8(3-5-10)15(18)19;1-13-9(7-12-11(13)14(17)18)8-19-10(16)5-3-2-4-6-15;1-2-4-5-3-1;4-2-1-3-5/h2-6H,7H2,1H3;7,15H,2-6,8H2,1H3;1-4H2;5H,1-4H2. The molecule has 0 unspecified atom stereocenters. The van der Waals surface area contributed by atoms with Gasteiger partial charge in [-0.15, -0.1) is 0 Å². The molecule has 0 spiro atoms. The van der Waals surface area contributed by atoms with Crippen LogP contribution in [0.2, 0.25) is 0 Å². The van der Waals surface area contributed by atoms with E-state index in [2.05, 4.69) is 9.97 Å². The van der Waals surface area contributed by atoms with Gasteiger partial charge in [0.2, 0.25) is 0 Å². The van der Waals surface area contributed by atoms with Crippen LogP contribution in [-0.4, -0.2) is 89.2 Å². The molecule has 22 nitrogen and oxygen atoms in total. The zero-order chi connectivity index (χ0) is 38.9. The maximum atomic E-state index is 11.5. The van der Waals surface area contributed by atoms with Crippen LogP contribution in [-0.2, 0) is 46.3 Å². The molecule has 0 amide bonds. The molecule has 2 aromatic heterocycles. The number of nitro groups is 3. The molecule has 1 aliphatic rings. The number of carbonyl (C=O) groups is 2. The Bertz CT molecular complexity index is 1530. The Morgan fingerprint density at radius 2 is 1.33 bits per heavy atom. The highest BCUT2D eigenvalue weighted by atomic mass is 16.7. The summed E-state index contributed by atoms with van der Waals surface area (Å²) in [6.07, 6.45) is 7.12. The Hall–Kier alpha value is -5.58. The van der Waals surface area contributed by atoms with E-state index in [9.17, 15) is 39.9 Å². The summed E-state index contributed by atoms with van der Waals surface area (Å²) in [6, 6.07) is 4.84. The Morgan fingerprint density at radius 3 is 1.71 bits per heavy atom. The van der Waals surface area contributed by atoms with Crippen molar-refractivity contribution in [2.75, 3.05) is 33.0 Å². The number of nitrogens with two attached hydrogens (primary N) is 1. The number of imidazole rings is 2. The van der Waals surface area contributed by atoms with E-state index >= 15 is 0 Å². The smallest absolute Gasteiger partial charge is 0.458 e. The first-order chi connectivity index (χ1) is 24.9. The summed E-state index contributed by atoms with van der Waals surface area (Å²) in [5.41, 5.74) is 5.60. The topological polar surface area (TPSA) is 303 Å². The largest absolute Gasteiger partial charge is 0.514 e. The average molecular weight is 741 g/mol. The number of esters is 1. The minimum Gasteiger partial charge on any atom is -0.458 e. The molecule has 288 valence electrons. The third-order valence-corrected chi connectivity index (χ3v) is 6.64. The van der Waals surface area contributed by atoms with E-state index in [0.29, 0.717) is 30.8 Å². The molecule has 0 radical (unpaired) electrons. The predicted molar refractivity (Wildman–Crippen MR) is 180 cm³/mol. The van der Waals surface area contributed by atoms with Crippen LogP contribution in [0.5, 0.6) is 5.75 Å². The van der Waals surface area contributed by atoms with E-state index in [0.717, 1.165) is 26.1 Å². The fraction of sp³-hybridized carbons (Fsp3) is 0.533. The predicted octanol–water partition coefficient (Wildman–Crippen LogP) is 3.00. The minimum absolute atomic E-state index is 0.0316. The first-order valence-electron chi connectivity index (χ1n) is 15.9. The fourth-order valence-corrected chi connectivity index (χ4v) is 3.76. The first-order valence-corrected chi connectivity index (χ1v) is 15.9. The Kier molecular flexibility index (Phi) is 21.7. The number of aliphatic hydroxyl groups is 2. The van der Waals surface area contributed by atoms with Gasteiger partial charge >= 0.3 is 24.0 Å². The van der Waals surface area contributed by atoms with Crippen molar-refractivity contribution in [3.8, 4) is 5.75 Å². The first kappa shape index (κ1) is 44.4. The summed E-state index contributed by atoms with van der Waals surface area (Å²) in [5, 5.41) is 48.3. The van der Waals surface area contributed by atoms with Crippen LogP contribution in [0, 0.1) is 30.3 Å². The number of unbranched alkanes of at least 4 members (excludes halogenated alkanes) is 2. The van der Waals surface area contributed by atoms with Crippen LogP contribution in [0.15, 0.2) is 36.7 Å². The normalized spacial score (nSPS) is 11.4. The van der Waals surface area contributed by atoms with Crippen molar-refractivity contribution in [3.05, 3.63) is 78.4 Å². The number of hydrogen-bond donors (Lipinski definition) is 3. The van der Waals surface area contributed by atoms with Gasteiger partial charge < -0.3 is 55.1 Å². The van der Waals surface area contributed by atoms with Gasteiger partial charge in [-0.3, -0.25) is 14.9 Å². The molecular weight excluding hydrogens is 696 g/mol. The van der Waals surface area contributed by atoms with Gasteiger partial charge in [-0.25, -0.2) is 13.9 Å². The summed E-state index contributed by atoms with van der Waals surface area (Å²) in [4.78, 5) is 59.9. The molecule has 1 saturated heterocycles. The Labute approximate surface area is 297 Å². The van der Waals surface area contributed by atoms with Crippen molar-refractivity contribution >= 4 is 29.7 Å². The second-order valence-corrected chi connectivity index (χ2v) is 10.5. The summed E-state index contributed by atoms with van der Waals surface area (Å²) in [5.74, 6) is -0.959. The summed E-state index contributed by atoms with van der Waals surface area (Å²) >= 11 is 0. The van der Waals surface area contributed by atoms with Gasteiger partial charge in [0.15, 0.2) is 18.0 Å². The van der Waals surface area contributed by atoms with Crippen LogP contribution in [0.1, 0.15) is 56.3 Å². The highest BCUT2D eigenvalue weighted by Gasteiger charge is 2.20. The molecule has 1 fully saturated rings. The number of carbonyl (C=O) groups excluding carboxylic acids is 2. The van der Waals surface area contributed by atoms with Gasteiger partial charge in [0, 0.05) is 45.0 Å². The van der Waals surface area contributed by atoms with Gasteiger partial charge in [-0.2, -0.15) is 0 Å². The maximum absolute atomic E-state index is 11.5. The molecule has 1 aliphatic heterocycles. The summed E-state index contributed by atoms with van der Waals surface area (Å²) in [6.45, 7) is 2.63. The summed E-state index contributed by atoms with van der Waals surface area (Å²) < 4.78 is 22.0. The third-order valence-electron chi connectivity index (χ3n) is 6.64. The van der Waals surface area contributed by atoms with Crippen molar-refractivity contribution < 1.29 is 53.5 Å². The molecular formula is C30H44N8O14. The van der Waals surface area contributed by atoms with Crippen LogP contribution in [0.4, 0.5) is 22.4 Å². The number of non-ortho nitro benzene ring substituents is 1. The molecule has 52 heavy (non-hydrogen) atoms. The highest BCUT2D eigenvalue weighted by molar-refractivity contribution is 5.69. The number of aromatic nitrogens is 4. The van der Waals surface area contributed by atoms with Gasteiger partial charge in [-0.1, -0.05) is 16.4 Å².